The van der Waals surface area contributed by atoms with Gasteiger partial charge in [0.25, 0.3) is 0 Å². The summed E-state index contributed by atoms with van der Waals surface area (Å²) in [6.07, 6.45) is 0. The van der Waals surface area contributed by atoms with Gasteiger partial charge in [0.05, 0.1) is 12.1 Å². The molecule has 1 N–H and O–H groups in total. The van der Waals surface area contributed by atoms with Crippen LogP contribution in [0.2, 0.25) is 0 Å². The highest BCUT2D eigenvalue weighted by Crippen LogP contribution is 2.27. The first-order valence-electron chi connectivity index (χ1n) is 5.49. The normalized spacial score (nSPS) is 11.1. The van der Waals surface area contributed by atoms with Gasteiger partial charge in [-0.1, -0.05) is 12.1 Å². The summed E-state index contributed by atoms with van der Waals surface area (Å²) >= 11 is 0. The molecule has 1 aromatic carbocycles. The number of likely N-dealkylation sites (N-methyl/N-ethyl adjacent to an activating group) is 1. The van der Waals surface area contributed by atoms with Gasteiger partial charge in [-0.15, -0.1) is 0 Å². The Morgan fingerprint density at radius 3 is 2.82 bits per heavy atom. The zero-order valence-corrected chi connectivity index (χ0v) is 10.2. The number of ketones is 1. The fourth-order valence-corrected chi connectivity index (χ4v) is 2.19. The Bertz CT molecular complexity index is 587. The Morgan fingerprint density at radius 1 is 1.47 bits per heavy atom. The number of nitrogens with one attached hydrogen (secondary N) is 1. The van der Waals surface area contributed by atoms with Gasteiger partial charge in [-0.2, -0.15) is 0 Å². The van der Waals surface area contributed by atoms with Crippen LogP contribution < -0.4 is 5.32 Å². The van der Waals surface area contributed by atoms with Crippen LogP contribution in [-0.4, -0.2) is 23.9 Å². The van der Waals surface area contributed by atoms with Crippen LogP contribution in [0.4, 0.5) is 4.39 Å². The molecule has 17 heavy (non-hydrogen) atoms. The number of aromatic nitrogens is 1. The molecule has 90 valence electrons. The molecule has 4 heteroatoms. The first-order valence-corrected chi connectivity index (χ1v) is 5.49. The van der Waals surface area contributed by atoms with E-state index in [9.17, 15) is 9.18 Å². The minimum Gasteiger partial charge on any atom is -0.345 e. The molecule has 0 radical (unpaired) electrons. The van der Waals surface area contributed by atoms with Crippen molar-refractivity contribution in [2.45, 2.75) is 6.92 Å². The second kappa shape index (κ2) is 4.30. The molecular formula is C13H15FN2O. The molecule has 1 aromatic heterocycles. The molecule has 0 aliphatic rings. The van der Waals surface area contributed by atoms with Gasteiger partial charge >= 0.3 is 0 Å². The maximum Gasteiger partial charge on any atom is 0.179 e. The Kier molecular flexibility index (Phi) is 2.98. The molecular weight excluding hydrogens is 219 g/mol. The fourth-order valence-electron chi connectivity index (χ4n) is 2.19. The van der Waals surface area contributed by atoms with Gasteiger partial charge in [0, 0.05) is 23.7 Å². The monoisotopic (exact) mass is 234 g/mol. The number of nitrogens with zero attached hydrogens (tertiary/aromatic N) is 1. The number of hydrogen-bond acceptors (Lipinski definition) is 2. The molecule has 0 bridgehead atoms. The average Bonchev–Trinajstić information content (AvgIpc) is 2.53. The molecule has 0 aliphatic heterocycles. The number of rotatable bonds is 3. The van der Waals surface area contributed by atoms with Crippen LogP contribution in [0.5, 0.6) is 0 Å². The number of carbonyl (C=O) groups excluding carboxylic acids is 1. The number of fused-ring (bicyclic) bond motifs is 1. The number of benzene rings is 1. The standard InChI is InChI=1S/C13H15FN2O/c1-8-12(11(17)7-15-2)9-5-4-6-10(14)13(9)16(8)3/h4-6,15H,7H2,1-3H3. The molecule has 0 saturated heterocycles. The predicted octanol–water partition coefficient (Wildman–Crippen LogP) is 2.03. The summed E-state index contributed by atoms with van der Waals surface area (Å²) < 4.78 is 15.5. The van der Waals surface area contributed by atoms with Crippen molar-refractivity contribution < 1.29 is 9.18 Å². The van der Waals surface area contributed by atoms with Gasteiger partial charge < -0.3 is 9.88 Å². The van der Waals surface area contributed by atoms with Gasteiger partial charge in [-0.25, -0.2) is 4.39 Å². The Labute approximate surface area is 99.2 Å². The van der Waals surface area contributed by atoms with Gasteiger partial charge in [-0.05, 0) is 20.0 Å². The third kappa shape index (κ3) is 1.74. The maximum atomic E-state index is 13.7. The van der Waals surface area contributed by atoms with E-state index in [-0.39, 0.29) is 18.1 Å². The number of para-hydroxylation sites is 1. The number of aryl methyl sites for hydroxylation is 1. The molecule has 0 spiro atoms. The smallest absolute Gasteiger partial charge is 0.179 e. The van der Waals surface area contributed by atoms with Crippen LogP contribution >= 0.6 is 0 Å². The zero-order chi connectivity index (χ0) is 12.6. The summed E-state index contributed by atoms with van der Waals surface area (Å²) in [6.45, 7) is 2.10. The van der Waals surface area contributed by atoms with Crippen LogP contribution in [0, 0.1) is 12.7 Å². The highest BCUT2D eigenvalue weighted by Gasteiger charge is 2.19. The van der Waals surface area contributed by atoms with E-state index in [2.05, 4.69) is 5.32 Å². The first kappa shape index (κ1) is 11.8. The van der Waals surface area contributed by atoms with Crippen molar-refractivity contribution >= 4 is 16.7 Å². The maximum absolute atomic E-state index is 13.7. The molecule has 1 heterocycles. The molecule has 0 atom stereocenters. The molecule has 2 aromatic rings. The second-order valence-corrected chi connectivity index (χ2v) is 4.11. The topological polar surface area (TPSA) is 34.0 Å². The van der Waals surface area contributed by atoms with Gasteiger partial charge in [0.15, 0.2) is 5.78 Å². The van der Waals surface area contributed by atoms with Crippen molar-refractivity contribution in [2.75, 3.05) is 13.6 Å². The molecule has 0 fully saturated rings. The van der Waals surface area contributed by atoms with Crippen LogP contribution in [0.15, 0.2) is 18.2 Å². The van der Waals surface area contributed by atoms with Crippen molar-refractivity contribution in [1.82, 2.24) is 9.88 Å². The van der Waals surface area contributed by atoms with Crippen molar-refractivity contribution in [2.24, 2.45) is 7.05 Å². The number of carbonyl (C=O) groups is 1. The predicted molar refractivity (Wildman–Crippen MR) is 65.9 cm³/mol. The number of halogens is 1. The van der Waals surface area contributed by atoms with Gasteiger partial charge in [0.2, 0.25) is 0 Å². The van der Waals surface area contributed by atoms with Crippen molar-refractivity contribution in [3.8, 4) is 0 Å². The SMILES string of the molecule is CNCC(=O)c1c(C)n(C)c2c(F)cccc12. The van der Waals surface area contributed by atoms with Crippen LogP contribution in [0.3, 0.4) is 0 Å². The lowest BCUT2D eigenvalue weighted by atomic mass is 10.1. The molecule has 2 rings (SSSR count). The van der Waals surface area contributed by atoms with E-state index in [1.807, 2.05) is 6.92 Å². The third-order valence-electron chi connectivity index (χ3n) is 3.07. The zero-order valence-electron chi connectivity index (χ0n) is 10.2. The van der Waals surface area contributed by atoms with E-state index < -0.39 is 0 Å². The molecule has 0 aliphatic carbocycles. The molecule has 3 nitrogen and oxygen atoms in total. The Hall–Kier alpha value is -1.68. The Morgan fingerprint density at radius 2 is 2.18 bits per heavy atom. The molecule has 0 amide bonds. The lowest BCUT2D eigenvalue weighted by Crippen LogP contribution is -2.19. The minimum absolute atomic E-state index is 0.0128. The number of Topliss-reactive ketones (excluding diaryl/α,β-unsaturated/α-hetero) is 1. The van der Waals surface area contributed by atoms with E-state index in [0.717, 1.165) is 5.69 Å². The van der Waals surface area contributed by atoms with Crippen LogP contribution in [0.1, 0.15) is 16.1 Å². The second-order valence-electron chi connectivity index (χ2n) is 4.11. The summed E-state index contributed by atoms with van der Waals surface area (Å²) in [5.41, 5.74) is 1.89. The first-order chi connectivity index (χ1) is 8.07. The van der Waals surface area contributed by atoms with Gasteiger partial charge in [0.1, 0.15) is 5.82 Å². The lowest BCUT2D eigenvalue weighted by molar-refractivity contribution is 0.0994. The van der Waals surface area contributed by atoms with Gasteiger partial charge in [-0.3, -0.25) is 4.79 Å². The molecule has 0 saturated carbocycles. The van der Waals surface area contributed by atoms with E-state index in [1.54, 1.807) is 30.8 Å². The average molecular weight is 234 g/mol. The van der Waals surface area contributed by atoms with Crippen molar-refractivity contribution in [3.63, 3.8) is 0 Å². The molecule has 0 unspecified atom stereocenters. The highest BCUT2D eigenvalue weighted by atomic mass is 19.1. The van der Waals surface area contributed by atoms with Crippen molar-refractivity contribution in [3.05, 3.63) is 35.3 Å². The fraction of sp³-hybridized carbons (Fsp3) is 0.308. The quantitative estimate of drug-likeness (QED) is 0.824. The highest BCUT2D eigenvalue weighted by molar-refractivity contribution is 6.10. The van der Waals surface area contributed by atoms with Crippen LogP contribution in [-0.2, 0) is 7.05 Å². The van der Waals surface area contributed by atoms with Crippen molar-refractivity contribution in [1.29, 1.82) is 0 Å². The summed E-state index contributed by atoms with van der Waals surface area (Å²) in [6, 6.07) is 4.83. The Balaban J connectivity index is 2.76. The third-order valence-corrected chi connectivity index (χ3v) is 3.07. The minimum atomic E-state index is -0.295. The van der Waals surface area contributed by atoms with E-state index >= 15 is 0 Å². The van der Waals surface area contributed by atoms with E-state index in [0.29, 0.717) is 16.5 Å². The summed E-state index contributed by atoms with van der Waals surface area (Å²) in [4.78, 5) is 12.0. The van der Waals surface area contributed by atoms with E-state index in [4.69, 9.17) is 0 Å². The van der Waals surface area contributed by atoms with E-state index in [1.165, 1.54) is 6.07 Å². The summed E-state index contributed by atoms with van der Waals surface area (Å²) in [5.74, 6) is -0.308. The number of hydrogen-bond donors (Lipinski definition) is 1. The summed E-state index contributed by atoms with van der Waals surface area (Å²) in [5, 5.41) is 3.51. The lowest BCUT2D eigenvalue weighted by Gasteiger charge is -2.01. The van der Waals surface area contributed by atoms with Crippen LogP contribution in [0.25, 0.3) is 10.9 Å². The largest absolute Gasteiger partial charge is 0.345 e. The summed E-state index contributed by atoms with van der Waals surface area (Å²) in [7, 11) is 3.50.